The summed E-state index contributed by atoms with van der Waals surface area (Å²) in [6.07, 6.45) is 0.931. The van der Waals surface area contributed by atoms with Gasteiger partial charge in [0.1, 0.15) is 5.54 Å². The number of ether oxygens (including phenoxy) is 1. The van der Waals surface area contributed by atoms with Gasteiger partial charge in [0.15, 0.2) is 0 Å². The minimum absolute atomic E-state index is 0.210. The van der Waals surface area contributed by atoms with Gasteiger partial charge >= 0.3 is 0 Å². The number of hydrogen-bond donors (Lipinski definition) is 2. The number of nitrogens with one attached hydrogen (secondary N) is 1. The molecule has 0 aliphatic rings. The summed E-state index contributed by atoms with van der Waals surface area (Å²) in [7, 11) is 1.73. The third-order valence-corrected chi connectivity index (χ3v) is 3.43. The molecule has 4 nitrogen and oxygen atoms in total. The number of benzene rings is 1. The number of hydrogen-bond acceptors (Lipinski definition) is 3. The molecule has 3 N–H and O–H groups in total. The van der Waals surface area contributed by atoms with E-state index < -0.39 is 11.4 Å². The Morgan fingerprint density at radius 3 is 2.30 bits per heavy atom. The zero-order valence-electron chi connectivity index (χ0n) is 12.9. The highest BCUT2D eigenvalue weighted by molar-refractivity contribution is 5.86. The summed E-state index contributed by atoms with van der Waals surface area (Å²) in [5.74, 6) is -0.429. The van der Waals surface area contributed by atoms with Crippen molar-refractivity contribution >= 4 is 5.91 Å². The van der Waals surface area contributed by atoms with Crippen molar-refractivity contribution in [3.63, 3.8) is 0 Å². The van der Waals surface area contributed by atoms with Crippen molar-refractivity contribution in [2.75, 3.05) is 20.3 Å². The molecule has 1 unspecified atom stereocenters. The Bertz CT molecular complexity index is 426. The molecule has 1 rings (SSSR count). The van der Waals surface area contributed by atoms with Crippen LogP contribution in [0.15, 0.2) is 30.3 Å². The van der Waals surface area contributed by atoms with Crippen LogP contribution in [-0.2, 0) is 15.1 Å². The first kappa shape index (κ1) is 16.7. The summed E-state index contributed by atoms with van der Waals surface area (Å²) in [5, 5.41) is 3.03. The van der Waals surface area contributed by atoms with Crippen molar-refractivity contribution in [2.45, 2.75) is 32.7 Å². The van der Waals surface area contributed by atoms with Crippen LogP contribution in [0.5, 0.6) is 0 Å². The number of primary amides is 1. The lowest BCUT2D eigenvalue weighted by atomic mass is 9.90. The molecule has 0 bridgehead atoms. The van der Waals surface area contributed by atoms with Crippen LogP contribution in [0.1, 0.15) is 32.8 Å². The highest BCUT2D eigenvalue weighted by Gasteiger charge is 2.37. The fourth-order valence-corrected chi connectivity index (χ4v) is 1.96. The van der Waals surface area contributed by atoms with Crippen LogP contribution in [0, 0.1) is 5.41 Å². The summed E-state index contributed by atoms with van der Waals surface area (Å²) in [4.78, 5) is 11.9. The van der Waals surface area contributed by atoms with Crippen molar-refractivity contribution < 1.29 is 9.53 Å². The van der Waals surface area contributed by atoms with E-state index in [0.29, 0.717) is 6.61 Å². The highest BCUT2D eigenvalue weighted by Crippen LogP contribution is 2.23. The van der Waals surface area contributed by atoms with E-state index in [9.17, 15) is 4.79 Å². The second kappa shape index (κ2) is 6.86. The summed E-state index contributed by atoms with van der Waals surface area (Å²) in [5.41, 5.74) is 5.66. The Balaban J connectivity index is 2.78. The number of nitrogens with two attached hydrogens (primary N) is 1. The monoisotopic (exact) mass is 278 g/mol. The van der Waals surface area contributed by atoms with Gasteiger partial charge in [-0.3, -0.25) is 4.79 Å². The van der Waals surface area contributed by atoms with E-state index in [1.165, 1.54) is 0 Å². The first-order valence-electron chi connectivity index (χ1n) is 6.94. The summed E-state index contributed by atoms with van der Waals surface area (Å²) < 4.78 is 5.72. The molecule has 1 amide bonds. The van der Waals surface area contributed by atoms with Gasteiger partial charge in [0.2, 0.25) is 5.91 Å². The fourth-order valence-electron chi connectivity index (χ4n) is 1.96. The lowest BCUT2D eigenvalue weighted by molar-refractivity contribution is -0.127. The molecule has 0 heterocycles. The Hall–Kier alpha value is -1.39. The van der Waals surface area contributed by atoms with Crippen LogP contribution in [0.25, 0.3) is 0 Å². The fraction of sp³-hybridized carbons (Fsp3) is 0.562. The largest absolute Gasteiger partial charge is 0.379 e. The van der Waals surface area contributed by atoms with Gasteiger partial charge in [-0.05, 0) is 24.4 Å². The Kier molecular flexibility index (Phi) is 5.72. The van der Waals surface area contributed by atoms with Gasteiger partial charge in [-0.1, -0.05) is 51.1 Å². The van der Waals surface area contributed by atoms with E-state index in [1.54, 1.807) is 7.05 Å². The molecular formula is C16H26N2O2. The molecule has 0 radical (unpaired) electrons. The van der Waals surface area contributed by atoms with E-state index in [1.807, 2.05) is 30.3 Å². The molecule has 0 aliphatic carbocycles. The normalized spacial score (nSPS) is 14.8. The standard InChI is InChI=1S/C16H26N2O2/c1-15(2,3)10-11-20-12-16(18-4,14(17)19)13-8-6-5-7-9-13/h5-9,18H,10-12H2,1-4H3,(H2,17,19). The molecule has 1 aromatic rings. The topological polar surface area (TPSA) is 64.3 Å². The molecule has 0 spiro atoms. The van der Waals surface area contributed by atoms with Crippen molar-refractivity contribution in [1.29, 1.82) is 0 Å². The minimum atomic E-state index is -0.973. The number of likely N-dealkylation sites (N-methyl/N-ethyl adjacent to an activating group) is 1. The Morgan fingerprint density at radius 1 is 1.25 bits per heavy atom. The van der Waals surface area contributed by atoms with Gasteiger partial charge in [-0.15, -0.1) is 0 Å². The molecule has 0 saturated heterocycles. The third-order valence-electron chi connectivity index (χ3n) is 3.43. The van der Waals surface area contributed by atoms with Gasteiger partial charge in [0, 0.05) is 6.61 Å². The first-order chi connectivity index (χ1) is 9.32. The molecule has 0 aromatic heterocycles. The molecule has 0 fully saturated rings. The van der Waals surface area contributed by atoms with Gasteiger partial charge in [-0.25, -0.2) is 0 Å². The van der Waals surface area contributed by atoms with Gasteiger partial charge in [-0.2, -0.15) is 0 Å². The highest BCUT2D eigenvalue weighted by atomic mass is 16.5. The number of carbonyl (C=O) groups excluding carboxylic acids is 1. The van der Waals surface area contributed by atoms with Gasteiger partial charge < -0.3 is 15.8 Å². The van der Waals surface area contributed by atoms with E-state index in [4.69, 9.17) is 10.5 Å². The lowest BCUT2D eigenvalue weighted by Gasteiger charge is -2.31. The van der Waals surface area contributed by atoms with Gasteiger partial charge in [0.05, 0.1) is 6.61 Å². The molecule has 1 atom stereocenters. The molecule has 0 aliphatic heterocycles. The predicted molar refractivity (Wildman–Crippen MR) is 81.3 cm³/mol. The Labute approximate surface area is 121 Å². The number of rotatable bonds is 7. The van der Waals surface area contributed by atoms with E-state index in [-0.39, 0.29) is 12.0 Å². The molecule has 112 valence electrons. The Morgan fingerprint density at radius 2 is 1.85 bits per heavy atom. The zero-order chi connectivity index (χ0) is 15.2. The van der Waals surface area contributed by atoms with Crippen molar-refractivity contribution in [2.24, 2.45) is 11.1 Å². The van der Waals surface area contributed by atoms with Crippen LogP contribution in [0.2, 0.25) is 0 Å². The predicted octanol–water partition coefficient (Wildman–Crippen LogP) is 2.04. The van der Waals surface area contributed by atoms with E-state index in [0.717, 1.165) is 12.0 Å². The average Bonchev–Trinajstić information content (AvgIpc) is 2.39. The second-order valence-electron chi connectivity index (χ2n) is 6.25. The van der Waals surface area contributed by atoms with E-state index >= 15 is 0 Å². The molecular weight excluding hydrogens is 252 g/mol. The van der Waals surface area contributed by atoms with Crippen LogP contribution in [-0.4, -0.2) is 26.2 Å². The van der Waals surface area contributed by atoms with E-state index in [2.05, 4.69) is 26.1 Å². The lowest BCUT2D eigenvalue weighted by Crippen LogP contribution is -2.54. The molecule has 20 heavy (non-hydrogen) atoms. The van der Waals surface area contributed by atoms with Crippen LogP contribution in [0.3, 0.4) is 0 Å². The molecule has 1 aromatic carbocycles. The van der Waals surface area contributed by atoms with Crippen LogP contribution >= 0.6 is 0 Å². The number of amides is 1. The molecule has 0 saturated carbocycles. The minimum Gasteiger partial charge on any atom is -0.379 e. The van der Waals surface area contributed by atoms with Crippen molar-refractivity contribution in [3.05, 3.63) is 35.9 Å². The SMILES string of the molecule is CNC(COCCC(C)(C)C)(C(N)=O)c1ccccc1. The van der Waals surface area contributed by atoms with Crippen molar-refractivity contribution in [1.82, 2.24) is 5.32 Å². The zero-order valence-corrected chi connectivity index (χ0v) is 12.9. The maximum Gasteiger partial charge on any atom is 0.244 e. The maximum atomic E-state index is 11.9. The second-order valence-corrected chi connectivity index (χ2v) is 6.25. The number of carbonyl (C=O) groups is 1. The van der Waals surface area contributed by atoms with Crippen LogP contribution < -0.4 is 11.1 Å². The van der Waals surface area contributed by atoms with Crippen molar-refractivity contribution in [3.8, 4) is 0 Å². The molecule has 4 heteroatoms. The summed E-state index contributed by atoms with van der Waals surface area (Å²) >= 11 is 0. The quantitative estimate of drug-likeness (QED) is 0.750. The van der Waals surface area contributed by atoms with Crippen LogP contribution in [0.4, 0.5) is 0 Å². The first-order valence-corrected chi connectivity index (χ1v) is 6.94. The summed E-state index contributed by atoms with van der Waals surface area (Å²) in [6.45, 7) is 7.32. The van der Waals surface area contributed by atoms with Gasteiger partial charge in [0.25, 0.3) is 0 Å². The summed E-state index contributed by atoms with van der Waals surface area (Å²) in [6, 6.07) is 9.45. The third kappa shape index (κ3) is 4.32. The smallest absolute Gasteiger partial charge is 0.244 e. The maximum absolute atomic E-state index is 11.9. The average molecular weight is 278 g/mol.